The molecule has 1 heterocycles. The van der Waals surface area contributed by atoms with Gasteiger partial charge in [0.15, 0.2) is 0 Å². The number of hydrogen-bond acceptors (Lipinski definition) is 4. The minimum Gasteiger partial charge on any atom is -0.493 e. The second-order valence-electron chi connectivity index (χ2n) is 4.18. The lowest BCUT2D eigenvalue weighted by molar-refractivity contribution is 0.428. The summed E-state index contributed by atoms with van der Waals surface area (Å²) in [6, 6.07) is 0.371. The van der Waals surface area contributed by atoms with Gasteiger partial charge in [-0.3, -0.25) is 14.4 Å². The van der Waals surface area contributed by atoms with E-state index in [1.165, 1.54) is 23.8 Å². The first-order chi connectivity index (χ1) is 7.68. The van der Waals surface area contributed by atoms with Gasteiger partial charge in [-0.05, 0) is 12.8 Å². The Balaban J connectivity index is 2.10. The van der Waals surface area contributed by atoms with Gasteiger partial charge in [-0.1, -0.05) is 30.6 Å². The molecule has 0 unspecified atom stereocenters. The molecular formula is C11H16N2O2S. The Kier molecular flexibility index (Phi) is 3.43. The van der Waals surface area contributed by atoms with Gasteiger partial charge in [0.05, 0.1) is 0 Å². The number of aliphatic imine (C=N–C) groups is 1. The summed E-state index contributed by atoms with van der Waals surface area (Å²) in [6.07, 6.45) is 7.67. The molecule has 1 N–H and O–H groups in total. The van der Waals surface area contributed by atoms with Gasteiger partial charge >= 0.3 is 4.87 Å². The molecule has 0 aliphatic heterocycles. The van der Waals surface area contributed by atoms with Crippen molar-refractivity contribution in [2.75, 3.05) is 0 Å². The third-order valence-electron chi connectivity index (χ3n) is 2.99. The maximum Gasteiger partial charge on any atom is 0.310 e. The van der Waals surface area contributed by atoms with Gasteiger partial charge in [0.1, 0.15) is 4.88 Å². The van der Waals surface area contributed by atoms with Crippen LogP contribution >= 0.6 is 11.3 Å². The summed E-state index contributed by atoms with van der Waals surface area (Å²) in [7, 11) is 1.56. The van der Waals surface area contributed by atoms with Crippen LogP contribution < -0.4 is 4.87 Å². The Hall–Kier alpha value is -1.10. The summed E-state index contributed by atoms with van der Waals surface area (Å²) >= 11 is 1.04. The molecule has 0 spiro atoms. The van der Waals surface area contributed by atoms with Crippen LogP contribution in [0.3, 0.4) is 0 Å². The minimum atomic E-state index is -0.150. The lowest BCUT2D eigenvalue weighted by Crippen LogP contribution is -2.09. The van der Waals surface area contributed by atoms with Gasteiger partial charge in [0.2, 0.25) is 5.88 Å². The van der Waals surface area contributed by atoms with Crippen molar-refractivity contribution in [3.8, 4) is 5.88 Å². The topological polar surface area (TPSA) is 54.6 Å². The molecule has 1 aliphatic carbocycles. The zero-order chi connectivity index (χ0) is 11.5. The van der Waals surface area contributed by atoms with Crippen LogP contribution in [-0.4, -0.2) is 21.9 Å². The quantitative estimate of drug-likeness (QED) is 0.803. The lowest BCUT2D eigenvalue weighted by Gasteiger charge is -2.16. The number of thiazole rings is 1. The van der Waals surface area contributed by atoms with E-state index >= 15 is 0 Å². The van der Waals surface area contributed by atoms with E-state index in [0.717, 1.165) is 24.2 Å². The number of aromatic nitrogens is 1. The largest absolute Gasteiger partial charge is 0.493 e. The highest BCUT2D eigenvalue weighted by atomic mass is 32.1. The fourth-order valence-corrected chi connectivity index (χ4v) is 2.70. The third kappa shape index (κ3) is 2.35. The van der Waals surface area contributed by atoms with E-state index in [1.807, 2.05) is 0 Å². The van der Waals surface area contributed by atoms with Crippen LogP contribution in [0, 0.1) is 0 Å². The van der Waals surface area contributed by atoms with E-state index in [1.54, 1.807) is 13.3 Å². The molecule has 1 aliphatic rings. The predicted octanol–water partition coefficient (Wildman–Crippen LogP) is 1.90. The molecule has 4 nitrogen and oxygen atoms in total. The second kappa shape index (κ2) is 4.82. The highest BCUT2D eigenvalue weighted by Gasteiger charge is 2.12. The molecule has 0 aromatic carbocycles. The number of nitrogens with zero attached hydrogens (tertiary/aromatic N) is 2. The van der Waals surface area contributed by atoms with Crippen LogP contribution in [0.5, 0.6) is 5.88 Å². The number of hydrogen-bond donors (Lipinski definition) is 1. The maximum absolute atomic E-state index is 11.3. The van der Waals surface area contributed by atoms with Crippen LogP contribution in [0.4, 0.5) is 0 Å². The molecule has 1 aromatic heterocycles. The zero-order valence-electron chi connectivity index (χ0n) is 9.35. The fraction of sp³-hybridized carbons (Fsp3) is 0.636. The van der Waals surface area contributed by atoms with Crippen molar-refractivity contribution in [3.63, 3.8) is 0 Å². The highest BCUT2D eigenvalue weighted by Crippen LogP contribution is 2.21. The van der Waals surface area contributed by atoms with Crippen molar-refractivity contribution in [1.82, 2.24) is 4.57 Å². The second-order valence-corrected chi connectivity index (χ2v) is 5.18. The van der Waals surface area contributed by atoms with Gasteiger partial charge in [0.25, 0.3) is 0 Å². The maximum atomic E-state index is 11.3. The predicted molar refractivity (Wildman–Crippen MR) is 65.7 cm³/mol. The molecule has 0 atom stereocenters. The van der Waals surface area contributed by atoms with Crippen LogP contribution in [-0.2, 0) is 7.05 Å². The van der Waals surface area contributed by atoms with Gasteiger partial charge < -0.3 is 5.11 Å². The fourth-order valence-electron chi connectivity index (χ4n) is 1.95. The van der Waals surface area contributed by atoms with Gasteiger partial charge in [-0.25, -0.2) is 0 Å². The average Bonchev–Trinajstić information content (AvgIpc) is 2.56. The molecule has 1 saturated carbocycles. The molecule has 0 amide bonds. The van der Waals surface area contributed by atoms with E-state index in [9.17, 15) is 9.90 Å². The highest BCUT2D eigenvalue weighted by molar-refractivity contribution is 7.11. The molecule has 5 heteroatoms. The monoisotopic (exact) mass is 240 g/mol. The Morgan fingerprint density at radius 3 is 2.69 bits per heavy atom. The van der Waals surface area contributed by atoms with Crippen molar-refractivity contribution in [3.05, 3.63) is 14.5 Å². The van der Waals surface area contributed by atoms with Crippen LogP contribution in [0.25, 0.3) is 0 Å². The summed E-state index contributed by atoms with van der Waals surface area (Å²) in [5, 5.41) is 9.63. The first-order valence-electron chi connectivity index (χ1n) is 5.60. The summed E-state index contributed by atoms with van der Waals surface area (Å²) in [5.74, 6) is 0.0227. The summed E-state index contributed by atoms with van der Waals surface area (Å²) < 4.78 is 1.24. The molecule has 0 saturated heterocycles. The molecule has 1 aromatic rings. The first kappa shape index (κ1) is 11.4. The van der Waals surface area contributed by atoms with E-state index in [2.05, 4.69) is 4.99 Å². The normalized spacial score (nSPS) is 18.3. The molecule has 0 radical (unpaired) electrons. The number of rotatable bonds is 2. The van der Waals surface area contributed by atoms with Crippen molar-refractivity contribution in [2.45, 2.75) is 38.1 Å². The molecule has 16 heavy (non-hydrogen) atoms. The van der Waals surface area contributed by atoms with Crippen LogP contribution in [0.1, 0.15) is 37.0 Å². The molecular weight excluding hydrogens is 224 g/mol. The Morgan fingerprint density at radius 1 is 1.44 bits per heavy atom. The lowest BCUT2D eigenvalue weighted by atomic mass is 9.96. The van der Waals surface area contributed by atoms with E-state index < -0.39 is 0 Å². The Labute approximate surface area is 98.3 Å². The minimum absolute atomic E-state index is 0.0227. The SMILES string of the molecule is Cn1c(O)c(C=NC2CCCCC2)sc1=O. The van der Waals surface area contributed by atoms with E-state index in [4.69, 9.17) is 0 Å². The van der Waals surface area contributed by atoms with Crippen molar-refractivity contribution in [1.29, 1.82) is 0 Å². The summed E-state index contributed by atoms with van der Waals surface area (Å²) in [4.78, 5) is 16.1. The smallest absolute Gasteiger partial charge is 0.310 e. The zero-order valence-corrected chi connectivity index (χ0v) is 10.2. The third-order valence-corrected chi connectivity index (χ3v) is 3.94. The van der Waals surface area contributed by atoms with Crippen molar-refractivity contribution >= 4 is 17.6 Å². The van der Waals surface area contributed by atoms with Gasteiger partial charge in [-0.15, -0.1) is 0 Å². The molecule has 0 bridgehead atoms. The van der Waals surface area contributed by atoms with Crippen LogP contribution in [0.2, 0.25) is 0 Å². The molecule has 2 rings (SSSR count). The molecule has 88 valence electrons. The Morgan fingerprint density at radius 2 is 2.12 bits per heavy atom. The first-order valence-corrected chi connectivity index (χ1v) is 6.42. The van der Waals surface area contributed by atoms with Crippen molar-refractivity contribution < 1.29 is 5.11 Å². The summed E-state index contributed by atoms with van der Waals surface area (Å²) in [6.45, 7) is 0. The standard InChI is InChI=1S/C11H16N2O2S/c1-13-10(14)9(16-11(13)15)7-12-8-5-3-2-4-6-8/h7-8,14H,2-6H2,1H3. The average molecular weight is 240 g/mol. The van der Waals surface area contributed by atoms with Crippen LogP contribution in [0.15, 0.2) is 9.79 Å². The number of aromatic hydroxyl groups is 1. The van der Waals surface area contributed by atoms with E-state index in [0.29, 0.717) is 10.9 Å². The van der Waals surface area contributed by atoms with Gasteiger partial charge in [-0.2, -0.15) is 0 Å². The van der Waals surface area contributed by atoms with Crippen molar-refractivity contribution in [2.24, 2.45) is 12.0 Å². The molecule has 1 fully saturated rings. The Bertz CT molecular complexity index is 441. The van der Waals surface area contributed by atoms with E-state index in [-0.39, 0.29) is 10.8 Å². The van der Waals surface area contributed by atoms with Gasteiger partial charge in [0, 0.05) is 19.3 Å². The summed E-state index contributed by atoms with van der Waals surface area (Å²) in [5.41, 5.74) is 0.